The highest BCUT2D eigenvalue weighted by atomic mass is 16.5. The fourth-order valence-electron chi connectivity index (χ4n) is 3.24. The molecule has 0 atom stereocenters. The average Bonchev–Trinajstić information content (AvgIpc) is 2.82. The molecule has 0 aliphatic rings. The summed E-state index contributed by atoms with van der Waals surface area (Å²) < 4.78 is 16.8. The molecule has 0 spiro atoms. The van der Waals surface area contributed by atoms with E-state index >= 15 is 0 Å². The lowest BCUT2D eigenvalue weighted by Crippen LogP contribution is -2.09. The van der Waals surface area contributed by atoms with E-state index in [-0.39, 0.29) is 6.61 Å². The van der Waals surface area contributed by atoms with Gasteiger partial charge in [0, 0.05) is 5.56 Å². The summed E-state index contributed by atoms with van der Waals surface area (Å²) in [6.07, 6.45) is 6.89. The van der Waals surface area contributed by atoms with Crippen LogP contribution in [-0.2, 0) is 11.2 Å². The number of ether oxygens (including phenoxy) is 3. The van der Waals surface area contributed by atoms with E-state index in [1.165, 1.54) is 5.56 Å². The van der Waals surface area contributed by atoms with Gasteiger partial charge in [-0.2, -0.15) is 0 Å². The molecule has 3 rings (SSSR count). The number of aryl methyl sites for hydroxylation is 1. The molecule has 0 bridgehead atoms. The average molecular weight is 433 g/mol. The zero-order valence-electron chi connectivity index (χ0n) is 18.2. The molecule has 0 unspecified atom stereocenters. The van der Waals surface area contributed by atoms with Crippen molar-refractivity contribution < 1.29 is 24.1 Å². The molecule has 0 aromatic heterocycles. The second-order valence-corrected chi connectivity index (χ2v) is 7.26. The molecule has 0 saturated heterocycles. The van der Waals surface area contributed by atoms with Crippen LogP contribution in [0.5, 0.6) is 17.2 Å². The lowest BCUT2D eigenvalue weighted by molar-refractivity contribution is -0.139. The van der Waals surface area contributed by atoms with E-state index in [9.17, 15) is 4.79 Å². The van der Waals surface area contributed by atoms with E-state index in [0.717, 1.165) is 36.1 Å². The summed E-state index contributed by atoms with van der Waals surface area (Å²) in [6, 6.07) is 23.5. The molecule has 3 aromatic carbocycles. The molecule has 3 aromatic rings. The van der Waals surface area contributed by atoms with Gasteiger partial charge in [-0.05, 0) is 48.6 Å². The number of carbonyl (C=O) groups is 1. The fraction of sp³-hybridized carbons (Fsp3) is 0.222. The van der Waals surface area contributed by atoms with Gasteiger partial charge in [0.2, 0.25) is 0 Å². The van der Waals surface area contributed by atoms with Crippen molar-refractivity contribution in [1.29, 1.82) is 0 Å². The van der Waals surface area contributed by atoms with Crippen LogP contribution >= 0.6 is 0 Å². The van der Waals surface area contributed by atoms with Crippen LogP contribution in [0.2, 0.25) is 0 Å². The Morgan fingerprint density at radius 3 is 2.41 bits per heavy atom. The van der Waals surface area contributed by atoms with Crippen molar-refractivity contribution in [2.75, 3.05) is 20.3 Å². The number of methoxy groups -OCH3 is 1. The van der Waals surface area contributed by atoms with Crippen molar-refractivity contribution in [3.8, 4) is 17.2 Å². The number of rotatable bonds is 12. The molecule has 0 fully saturated rings. The number of para-hydroxylation sites is 1. The van der Waals surface area contributed by atoms with E-state index in [2.05, 4.69) is 24.3 Å². The Kier molecular flexibility index (Phi) is 8.75. The third-order valence-electron chi connectivity index (χ3n) is 4.87. The summed E-state index contributed by atoms with van der Waals surface area (Å²) in [6.45, 7) is 0.253. The molecule has 0 amide bonds. The molecule has 0 saturated carbocycles. The molecule has 5 heteroatoms. The highest BCUT2D eigenvalue weighted by Gasteiger charge is 2.06. The third-order valence-corrected chi connectivity index (χ3v) is 4.87. The first kappa shape index (κ1) is 22.9. The van der Waals surface area contributed by atoms with E-state index in [4.69, 9.17) is 19.3 Å². The first-order valence-electron chi connectivity index (χ1n) is 10.6. The van der Waals surface area contributed by atoms with Crippen LogP contribution in [0.4, 0.5) is 0 Å². The minimum absolute atomic E-state index is 0.379. The number of carboxylic acid groups (broad SMARTS) is 1. The molecule has 0 aliphatic carbocycles. The molecular weight excluding hydrogens is 404 g/mol. The van der Waals surface area contributed by atoms with Crippen LogP contribution in [0.25, 0.3) is 12.2 Å². The van der Waals surface area contributed by atoms with Gasteiger partial charge < -0.3 is 19.3 Å². The van der Waals surface area contributed by atoms with Crippen LogP contribution in [0.15, 0.2) is 72.8 Å². The van der Waals surface area contributed by atoms with Gasteiger partial charge in [0.05, 0.1) is 13.7 Å². The molecule has 166 valence electrons. The van der Waals surface area contributed by atoms with Gasteiger partial charge in [0.1, 0.15) is 5.75 Å². The van der Waals surface area contributed by atoms with Crippen LogP contribution in [0, 0.1) is 0 Å². The summed E-state index contributed by atoms with van der Waals surface area (Å²) in [5, 5.41) is 8.83. The van der Waals surface area contributed by atoms with Crippen LogP contribution in [0.3, 0.4) is 0 Å². The highest BCUT2D eigenvalue weighted by Crippen LogP contribution is 2.29. The van der Waals surface area contributed by atoms with Crippen LogP contribution in [0.1, 0.15) is 29.5 Å². The second-order valence-electron chi connectivity index (χ2n) is 7.26. The monoisotopic (exact) mass is 432 g/mol. The van der Waals surface area contributed by atoms with Gasteiger partial charge in [0.15, 0.2) is 18.1 Å². The van der Waals surface area contributed by atoms with E-state index in [0.29, 0.717) is 18.1 Å². The van der Waals surface area contributed by atoms with Crippen molar-refractivity contribution in [3.63, 3.8) is 0 Å². The zero-order chi connectivity index (χ0) is 22.6. The van der Waals surface area contributed by atoms with Crippen molar-refractivity contribution in [2.24, 2.45) is 0 Å². The van der Waals surface area contributed by atoms with Crippen molar-refractivity contribution in [2.45, 2.75) is 19.3 Å². The molecule has 0 heterocycles. The summed E-state index contributed by atoms with van der Waals surface area (Å²) in [4.78, 5) is 10.8. The minimum Gasteiger partial charge on any atom is -0.493 e. The smallest absolute Gasteiger partial charge is 0.341 e. The Morgan fingerprint density at radius 2 is 1.62 bits per heavy atom. The van der Waals surface area contributed by atoms with Gasteiger partial charge in [0.25, 0.3) is 0 Å². The van der Waals surface area contributed by atoms with Crippen molar-refractivity contribution in [1.82, 2.24) is 0 Å². The quantitative estimate of drug-likeness (QED) is 0.292. The predicted octanol–water partition coefficient (Wildman–Crippen LogP) is 5.73. The summed E-state index contributed by atoms with van der Waals surface area (Å²) in [7, 11) is 1.63. The number of unbranched alkanes of at least 4 members (excludes halogenated alkanes) is 1. The lowest BCUT2D eigenvalue weighted by atomic mass is 10.1. The van der Waals surface area contributed by atoms with Crippen molar-refractivity contribution >= 4 is 18.1 Å². The maximum absolute atomic E-state index is 10.8. The number of aliphatic carboxylic acids is 1. The normalized spacial score (nSPS) is 10.8. The third kappa shape index (κ3) is 7.20. The molecule has 0 radical (unpaired) electrons. The van der Waals surface area contributed by atoms with E-state index in [1.807, 2.05) is 54.6 Å². The fourth-order valence-corrected chi connectivity index (χ4v) is 3.24. The maximum atomic E-state index is 10.8. The largest absolute Gasteiger partial charge is 0.493 e. The molecule has 32 heavy (non-hydrogen) atoms. The number of hydrogen-bond donors (Lipinski definition) is 1. The van der Waals surface area contributed by atoms with Gasteiger partial charge in [-0.15, -0.1) is 0 Å². The highest BCUT2D eigenvalue weighted by molar-refractivity contribution is 5.74. The van der Waals surface area contributed by atoms with Crippen molar-refractivity contribution in [3.05, 3.63) is 89.5 Å². The molecule has 1 N–H and O–H groups in total. The molecule has 5 nitrogen and oxygen atoms in total. The summed E-state index contributed by atoms with van der Waals surface area (Å²) >= 11 is 0. The SMILES string of the molecule is COc1cc(/C=C/c2ccccc2OCC(=O)O)ccc1OCCCCc1ccccc1. The number of benzene rings is 3. The molecule has 0 aliphatic heterocycles. The first-order valence-corrected chi connectivity index (χ1v) is 10.6. The minimum atomic E-state index is -1.01. The molecular formula is C27H28O5. The standard InChI is InChI=1S/C27H28O5/c1-30-26-19-22(14-16-23-12-5-6-13-24(23)32-20-27(28)29)15-17-25(26)31-18-8-7-11-21-9-3-2-4-10-21/h2-6,9-10,12-17,19H,7-8,11,18,20H2,1H3,(H,28,29)/b16-14+. The Bertz CT molecular complexity index is 1030. The van der Waals surface area contributed by atoms with E-state index < -0.39 is 5.97 Å². The van der Waals surface area contributed by atoms with Gasteiger partial charge >= 0.3 is 5.97 Å². The summed E-state index contributed by atoms with van der Waals surface area (Å²) in [5.74, 6) is 0.901. The Labute approximate surface area is 188 Å². The first-order chi connectivity index (χ1) is 15.7. The van der Waals surface area contributed by atoms with Crippen LogP contribution in [-0.4, -0.2) is 31.4 Å². The maximum Gasteiger partial charge on any atom is 0.341 e. The Hall–Kier alpha value is -3.73. The zero-order valence-corrected chi connectivity index (χ0v) is 18.2. The number of carboxylic acids is 1. The Balaban J connectivity index is 1.56. The van der Waals surface area contributed by atoms with Gasteiger partial charge in [-0.3, -0.25) is 0 Å². The lowest BCUT2D eigenvalue weighted by Gasteiger charge is -2.11. The summed E-state index contributed by atoms with van der Waals surface area (Å²) in [5.41, 5.74) is 3.08. The van der Waals surface area contributed by atoms with E-state index in [1.54, 1.807) is 13.2 Å². The topological polar surface area (TPSA) is 65.0 Å². The van der Waals surface area contributed by atoms with Crippen LogP contribution < -0.4 is 14.2 Å². The number of hydrogen-bond acceptors (Lipinski definition) is 4. The van der Waals surface area contributed by atoms with Gasteiger partial charge in [-0.25, -0.2) is 4.79 Å². The second kappa shape index (κ2) is 12.2. The Morgan fingerprint density at radius 1 is 0.844 bits per heavy atom. The van der Waals surface area contributed by atoms with Gasteiger partial charge in [-0.1, -0.05) is 66.7 Å². The predicted molar refractivity (Wildman–Crippen MR) is 126 cm³/mol.